The van der Waals surface area contributed by atoms with Crippen molar-refractivity contribution in [1.29, 1.82) is 0 Å². The van der Waals surface area contributed by atoms with Crippen LogP contribution in [0.15, 0.2) is 0 Å². The van der Waals surface area contributed by atoms with Crippen LogP contribution in [0.25, 0.3) is 0 Å². The average molecular weight is 244 g/mol. The van der Waals surface area contributed by atoms with Crippen molar-refractivity contribution in [2.75, 3.05) is 25.1 Å². The molecule has 0 saturated carbocycles. The fourth-order valence-electron chi connectivity index (χ4n) is 2.26. The molecule has 0 aromatic carbocycles. The van der Waals surface area contributed by atoms with Crippen molar-refractivity contribution in [3.8, 4) is 0 Å². The molecule has 0 spiro atoms. The number of hydrogen-bond donors (Lipinski definition) is 1. The summed E-state index contributed by atoms with van der Waals surface area (Å²) in [5.41, 5.74) is 0. The maximum atomic E-state index is 12.1. The molecule has 16 heavy (non-hydrogen) atoms. The lowest BCUT2D eigenvalue weighted by Gasteiger charge is -2.24. The quantitative estimate of drug-likeness (QED) is 0.797. The summed E-state index contributed by atoms with van der Waals surface area (Å²) in [4.78, 5) is 14.2. The van der Waals surface area contributed by atoms with Crippen LogP contribution in [0.4, 0.5) is 0 Å². The molecule has 1 aliphatic heterocycles. The Morgan fingerprint density at radius 1 is 1.62 bits per heavy atom. The zero-order valence-corrected chi connectivity index (χ0v) is 11.6. The zero-order valence-electron chi connectivity index (χ0n) is 10.8. The van der Waals surface area contributed by atoms with E-state index in [0.29, 0.717) is 5.92 Å². The number of amides is 1. The Kier molecular flexibility index (Phi) is 5.62. The first-order valence-electron chi connectivity index (χ1n) is 6.14. The van der Waals surface area contributed by atoms with Crippen LogP contribution in [0.2, 0.25) is 0 Å². The van der Waals surface area contributed by atoms with E-state index in [1.54, 1.807) is 0 Å². The van der Waals surface area contributed by atoms with Crippen LogP contribution in [0.5, 0.6) is 0 Å². The van der Waals surface area contributed by atoms with Gasteiger partial charge in [0.25, 0.3) is 0 Å². The number of rotatable bonds is 5. The monoisotopic (exact) mass is 244 g/mol. The van der Waals surface area contributed by atoms with Gasteiger partial charge in [-0.1, -0.05) is 13.8 Å². The standard InChI is InChI=1S/C12H24N2OS/c1-5-16-8-10(3)13-12(15)11-9(2)6-7-14(11)4/h9-11H,5-8H2,1-4H3,(H,13,15). The second kappa shape index (κ2) is 6.50. The highest BCUT2D eigenvalue weighted by Gasteiger charge is 2.34. The lowest BCUT2D eigenvalue weighted by molar-refractivity contribution is -0.126. The summed E-state index contributed by atoms with van der Waals surface area (Å²) < 4.78 is 0. The number of likely N-dealkylation sites (tertiary alicyclic amines) is 1. The molecule has 0 aliphatic carbocycles. The first-order chi connectivity index (χ1) is 7.56. The minimum absolute atomic E-state index is 0.0778. The van der Waals surface area contributed by atoms with Crippen molar-refractivity contribution in [1.82, 2.24) is 10.2 Å². The number of likely N-dealkylation sites (N-methyl/N-ethyl adjacent to an activating group) is 1. The molecule has 1 heterocycles. The van der Waals surface area contributed by atoms with Crippen LogP contribution in [-0.4, -0.2) is 48.0 Å². The fourth-order valence-corrected chi connectivity index (χ4v) is 2.93. The molecule has 3 nitrogen and oxygen atoms in total. The Balaban J connectivity index is 2.39. The molecule has 1 amide bonds. The Morgan fingerprint density at radius 3 is 2.81 bits per heavy atom. The highest BCUT2D eigenvalue weighted by Crippen LogP contribution is 2.22. The minimum atomic E-state index is 0.0778. The third-order valence-corrected chi connectivity index (χ3v) is 4.32. The highest BCUT2D eigenvalue weighted by atomic mass is 32.2. The molecule has 0 radical (unpaired) electrons. The summed E-state index contributed by atoms with van der Waals surface area (Å²) in [7, 11) is 2.04. The maximum absolute atomic E-state index is 12.1. The molecule has 94 valence electrons. The summed E-state index contributed by atoms with van der Waals surface area (Å²) in [6.45, 7) is 7.43. The van der Waals surface area contributed by atoms with Gasteiger partial charge >= 0.3 is 0 Å². The van der Waals surface area contributed by atoms with Crippen LogP contribution in [-0.2, 0) is 4.79 Å². The Morgan fingerprint density at radius 2 is 2.31 bits per heavy atom. The van der Waals surface area contributed by atoms with Crippen LogP contribution in [0.1, 0.15) is 27.2 Å². The van der Waals surface area contributed by atoms with Crippen molar-refractivity contribution in [3.63, 3.8) is 0 Å². The van der Waals surface area contributed by atoms with Gasteiger partial charge in [-0.15, -0.1) is 0 Å². The molecule has 0 aromatic heterocycles. The molecular weight excluding hydrogens is 220 g/mol. The number of hydrogen-bond acceptors (Lipinski definition) is 3. The fraction of sp³-hybridized carbons (Fsp3) is 0.917. The van der Waals surface area contributed by atoms with Crippen LogP contribution in [0.3, 0.4) is 0 Å². The molecule has 0 bridgehead atoms. The molecule has 3 atom stereocenters. The van der Waals surface area contributed by atoms with E-state index >= 15 is 0 Å². The van der Waals surface area contributed by atoms with Gasteiger partial charge in [0.2, 0.25) is 5.91 Å². The second-order valence-corrected chi connectivity index (χ2v) is 6.08. The zero-order chi connectivity index (χ0) is 12.1. The number of carbonyl (C=O) groups excluding carboxylic acids is 1. The summed E-state index contributed by atoms with van der Waals surface area (Å²) >= 11 is 1.87. The molecule has 1 fully saturated rings. The Labute approximate surface area is 103 Å². The van der Waals surface area contributed by atoms with E-state index in [9.17, 15) is 4.79 Å². The lowest BCUT2D eigenvalue weighted by atomic mass is 10.0. The van der Waals surface area contributed by atoms with Gasteiger partial charge in [-0.25, -0.2) is 0 Å². The lowest BCUT2D eigenvalue weighted by Crippen LogP contribution is -2.47. The molecular formula is C12H24N2OS. The van der Waals surface area contributed by atoms with E-state index in [-0.39, 0.29) is 18.0 Å². The van der Waals surface area contributed by atoms with Gasteiger partial charge in [0, 0.05) is 11.8 Å². The second-order valence-electron chi connectivity index (χ2n) is 4.76. The first kappa shape index (κ1) is 13.8. The molecule has 1 saturated heterocycles. The van der Waals surface area contributed by atoms with Crippen LogP contribution in [0, 0.1) is 5.92 Å². The van der Waals surface area contributed by atoms with E-state index < -0.39 is 0 Å². The van der Waals surface area contributed by atoms with Crippen molar-refractivity contribution < 1.29 is 4.79 Å². The van der Waals surface area contributed by atoms with Gasteiger partial charge in [0.15, 0.2) is 0 Å². The average Bonchev–Trinajstić information content (AvgIpc) is 2.55. The molecule has 1 N–H and O–H groups in total. The van der Waals surface area contributed by atoms with Crippen LogP contribution >= 0.6 is 11.8 Å². The van der Waals surface area contributed by atoms with Gasteiger partial charge in [0.05, 0.1) is 6.04 Å². The van der Waals surface area contributed by atoms with E-state index in [2.05, 4.69) is 31.0 Å². The Bertz CT molecular complexity index is 225. The predicted octanol–water partition coefficient (Wildman–Crippen LogP) is 1.58. The number of nitrogens with one attached hydrogen (secondary N) is 1. The summed E-state index contributed by atoms with van der Waals surface area (Å²) in [5.74, 6) is 2.81. The van der Waals surface area contributed by atoms with E-state index in [1.165, 1.54) is 0 Å². The SMILES string of the molecule is CCSCC(C)NC(=O)C1C(C)CCN1C. The summed E-state index contributed by atoms with van der Waals surface area (Å²) in [5, 5.41) is 3.12. The largest absolute Gasteiger partial charge is 0.351 e. The van der Waals surface area contributed by atoms with Gasteiger partial charge < -0.3 is 5.32 Å². The van der Waals surface area contributed by atoms with Crippen molar-refractivity contribution in [2.45, 2.75) is 39.3 Å². The molecule has 1 aliphatic rings. The minimum Gasteiger partial charge on any atom is -0.351 e. The van der Waals surface area contributed by atoms with Crippen molar-refractivity contribution >= 4 is 17.7 Å². The Hall–Kier alpha value is -0.220. The maximum Gasteiger partial charge on any atom is 0.237 e. The topological polar surface area (TPSA) is 32.3 Å². The highest BCUT2D eigenvalue weighted by molar-refractivity contribution is 7.99. The van der Waals surface area contributed by atoms with Gasteiger partial charge in [0.1, 0.15) is 0 Å². The van der Waals surface area contributed by atoms with E-state index in [1.807, 2.05) is 18.8 Å². The predicted molar refractivity (Wildman–Crippen MR) is 70.8 cm³/mol. The van der Waals surface area contributed by atoms with Gasteiger partial charge in [-0.3, -0.25) is 9.69 Å². The molecule has 0 aromatic rings. The molecule has 1 rings (SSSR count). The number of carbonyl (C=O) groups is 1. The normalized spacial score (nSPS) is 28.0. The van der Waals surface area contributed by atoms with Crippen LogP contribution < -0.4 is 5.32 Å². The van der Waals surface area contributed by atoms with E-state index in [0.717, 1.165) is 24.5 Å². The number of thioether (sulfide) groups is 1. The molecule has 3 unspecified atom stereocenters. The summed E-state index contributed by atoms with van der Waals surface area (Å²) in [6, 6.07) is 0.354. The van der Waals surface area contributed by atoms with Gasteiger partial charge in [-0.2, -0.15) is 11.8 Å². The smallest absolute Gasteiger partial charge is 0.237 e. The van der Waals surface area contributed by atoms with Crippen molar-refractivity contribution in [3.05, 3.63) is 0 Å². The van der Waals surface area contributed by atoms with Gasteiger partial charge in [-0.05, 0) is 38.6 Å². The third-order valence-electron chi connectivity index (χ3n) is 3.18. The van der Waals surface area contributed by atoms with E-state index in [4.69, 9.17) is 0 Å². The van der Waals surface area contributed by atoms with Crippen molar-refractivity contribution in [2.24, 2.45) is 5.92 Å². The summed E-state index contributed by atoms with van der Waals surface area (Å²) in [6.07, 6.45) is 1.13. The molecule has 4 heteroatoms. The first-order valence-corrected chi connectivity index (χ1v) is 7.30. The number of nitrogens with zero attached hydrogens (tertiary/aromatic N) is 1. The third kappa shape index (κ3) is 3.67.